The average molecular weight is 481 g/mol. The monoisotopic (exact) mass is 480 g/mol. The standard InChI is InChI=1S/C26H26ClFN4O2/c1-17-15-31(16-29-17)24-6-5-18(11-25(24)33-2)10-19-4-3-8-32-23(7-9-34-30-26(19)32)20-12-21(27)14-22(28)13-20/h5-6,10-16,23H,3-4,7-9H2,1-2H3/t23-/m0/s1. The molecule has 8 heteroatoms. The van der Waals surface area contributed by atoms with E-state index in [2.05, 4.69) is 27.2 Å². The first-order chi connectivity index (χ1) is 16.5. The zero-order chi connectivity index (χ0) is 23.7. The number of imidazole rings is 1. The first-order valence-electron chi connectivity index (χ1n) is 11.3. The van der Waals surface area contributed by atoms with Crippen molar-refractivity contribution in [2.24, 2.45) is 5.16 Å². The normalized spacial score (nSPS) is 19.3. The topological polar surface area (TPSA) is 51.9 Å². The molecule has 3 aromatic rings. The third-order valence-electron chi connectivity index (χ3n) is 6.22. The molecule has 6 nitrogen and oxygen atoms in total. The molecule has 0 radical (unpaired) electrons. The summed E-state index contributed by atoms with van der Waals surface area (Å²) in [5.41, 5.74) is 4.79. The number of hydrogen-bond donors (Lipinski definition) is 0. The van der Waals surface area contributed by atoms with Gasteiger partial charge >= 0.3 is 0 Å². The molecule has 176 valence electrons. The van der Waals surface area contributed by atoms with Gasteiger partial charge in [0.2, 0.25) is 0 Å². The maximum atomic E-state index is 14.1. The summed E-state index contributed by atoms with van der Waals surface area (Å²) in [5, 5.41) is 4.85. The minimum Gasteiger partial charge on any atom is -0.495 e. The molecule has 3 heterocycles. The van der Waals surface area contributed by atoms with Gasteiger partial charge < -0.3 is 19.0 Å². The summed E-state index contributed by atoms with van der Waals surface area (Å²) >= 11 is 6.16. The number of nitrogens with zero attached hydrogens (tertiary/aromatic N) is 4. The lowest BCUT2D eigenvalue weighted by molar-refractivity contribution is 0.140. The molecule has 0 aliphatic carbocycles. The second kappa shape index (κ2) is 9.50. The predicted octanol–water partition coefficient (Wildman–Crippen LogP) is 5.94. The summed E-state index contributed by atoms with van der Waals surface area (Å²) < 4.78 is 21.7. The lowest BCUT2D eigenvalue weighted by Crippen LogP contribution is -2.39. The van der Waals surface area contributed by atoms with Gasteiger partial charge in [-0.25, -0.2) is 9.37 Å². The van der Waals surface area contributed by atoms with Crippen molar-refractivity contribution in [2.75, 3.05) is 20.3 Å². The van der Waals surface area contributed by atoms with Gasteiger partial charge in [-0.1, -0.05) is 22.8 Å². The van der Waals surface area contributed by atoms with Crippen molar-refractivity contribution in [3.05, 3.63) is 82.2 Å². The first kappa shape index (κ1) is 22.5. The highest BCUT2D eigenvalue weighted by atomic mass is 35.5. The summed E-state index contributed by atoms with van der Waals surface area (Å²) in [7, 11) is 1.67. The van der Waals surface area contributed by atoms with Crippen LogP contribution in [0.4, 0.5) is 4.39 Å². The number of piperidine rings is 1. The lowest BCUT2D eigenvalue weighted by Gasteiger charge is -2.36. The third kappa shape index (κ3) is 4.53. The van der Waals surface area contributed by atoms with E-state index in [1.807, 2.05) is 35.9 Å². The third-order valence-corrected chi connectivity index (χ3v) is 6.44. The molecule has 5 rings (SSSR count). The average Bonchev–Trinajstić information content (AvgIpc) is 3.12. The molecule has 2 aliphatic heterocycles. The number of rotatable bonds is 4. The first-order valence-corrected chi connectivity index (χ1v) is 11.7. The number of fused-ring (bicyclic) bond motifs is 1. The number of ether oxygens (including phenoxy) is 1. The fourth-order valence-corrected chi connectivity index (χ4v) is 4.92. The van der Waals surface area contributed by atoms with E-state index < -0.39 is 0 Å². The zero-order valence-electron chi connectivity index (χ0n) is 19.2. The fraction of sp³-hybridized carbons (Fsp3) is 0.308. The summed E-state index contributed by atoms with van der Waals surface area (Å²) in [6, 6.07) is 10.8. The van der Waals surface area contributed by atoms with Crippen LogP contribution in [0.5, 0.6) is 5.75 Å². The molecule has 0 spiro atoms. The Morgan fingerprint density at radius 3 is 2.88 bits per heavy atom. The molecule has 2 aromatic carbocycles. The van der Waals surface area contributed by atoms with Crippen LogP contribution in [0, 0.1) is 12.7 Å². The second-order valence-corrected chi connectivity index (χ2v) is 9.01. The van der Waals surface area contributed by atoms with Crippen LogP contribution in [-0.2, 0) is 4.84 Å². The van der Waals surface area contributed by atoms with E-state index >= 15 is 0 Å². The van der Waals surface area contributed by atoms with E-state index in [1.165, 1.54) is 6.07 Å². The maximum absolute atomic E-state index is 14.1. The van der Waals surface area contributed by atoms with Crippen molar-refractivity contribution in [1.82, 2.24) is 14.5 Å². The van der Waals surface area contributed by atoms with Crippen molar-refractivity contribution in [1.29, 1.82) is 0 Å². The number of oxime groups is 1. The van der Waals surface area contributed by atoms with Gasteiger partial charge in [-0.05, 0) is 72.9 Å². The quantitative estimate of drug-likeness (QED) is 0.464. The lowest BCUT2D eigenvalue weighted by atomic mass is 9.95. The molecule has 1 aromatic heterocycles. The van der Waals surface area contributed by atoms with Gasteiger partial charge in [-0.15, -0.1) is 0 Å². The highest BCUT2D eigenvalue weighted by molar-refractivity contribution is 6.30. The van der Waals surface area contributed by atoms with Gasteiger partial charge in [0.05, 0.1) is 30.9 Å². The Hall–Kier alpha value is -3.32. The smallest absolute Gasteiger partial charge is 0.171 e. The number of amidine groups is 1. The van der Waals surface area contributed by atoms with E-state index in [9.17, 15) is 4.39 Å². The van der Waals surface area contributed by atoms with Crippen LogP contribution >= 0.6 is 11.6 Å². The van der Waals surface area contributed by atoms with Crippen LogP contribution in [0.25, 0.3) is 11.8 Å². The molecule has 2 aliphatic rings. The van der Waals surface area contributed by atoms with E-state index in [1.54, 1.807) is 19.5 Å². The molecular formula is C26H26ClFN4O2. The van der Waals surface area contributed by atoms with Crippen LogP contribution in [0.15, 0.2) is 59.7 Å². The number of benzene rings is 2. The van der Waals surface area contributed by atoms with E-state index in [0.29, 0.717) is 18.1 Å². The van der Waals surface area contributed by atoms with Crippen LogP contribution in [0.1, 0.15) is 42.1 Å². The molecule has 0 amide bonds. The Morgan fingerprint density at radius 2 is 2.12 bits per heavy atom. The molecule has 0 saturated carbocycles. The number of halogens is 2. The minimum absolute atomic E-state index is 0.0560. The van der Waals surface area contributed by atoms with Crippen LogP contribution in [0.2, 0.25) is 5.02 Å². The van der Waals surface area contributed by atoms with E-state index in [0.717, 1.165) is 59.1 Å². The van der Waals surface area contributed by atoms with Crippen LogP contribution in [-0.4, -0.2) is 40.5 Å². The van der Waals surface area contributed by atoms with Crippen molar-refractivity contribution in [3.63, 3.8) is 0 Å². The van der Waals surface area contributed by atoms with Crippen molar-refractivity contribution in [3.8, 4) is 11.4 Å². The Kier molecular flexibility index (Phi) is 6.28. The largest absolute Gasteiger partial charge is 0.495 e. The van der Waals surface area contributed by atoms with Gasteiger partial charge in [0.25, 0.3) is 0 Å². The summed E-state index contributed by atoms with van der Waals surface area (Å²) in [5.74, 6) is 1.22. The molecule has 0 unspecified atom stereocenters. The van der Waals surface area contributed by atoms with Crippen LogP contribution < -0.4 is 4.74 Å². The van der Waals surface area contributed by atoms with E-state index in [4.69, 9.17) is 21.2 Å². The number of aromatic nitrogens is 2. The van der Waals surface area contributed by atoms with Gasteiger partial charge in [0.15, 0.2) is 5.84 Å². The Labute approximate surface area is 203 Å². The number of aryl methyl sites for hydroxylation is 1. The van der Waals surface area contributed by atoms with Crippen molar-refractivity contribution >= 4 is 23.5 Å². The highest BCUT2D eigenvalue weighted by Crippen LogP contribution is 2.35. The van der Waals surface area contributed by atoms with E-state index in [-0.39, 0.29) is 11.9 Å². The fourth-order valence-electron chi connectivity index (χ4n) is 4.69. The Bertz CT molecular complexity index is 1250. The minimum atomic E-state index is -0.334. The molecule has 0 N–H and O–H groups in total. The Balaban J connectivity index is 1.48. The molecular weight excluding hydrogens is 455 g/mol. The summed E-state index contributed by atoms with van der Waals surface area (Å²) in [4.78, 5) is 12.1. The van der Waals surface area contributed by atoms with Crippen molar-refractivity contribution in [2.45, 2.75) is 32.2 Å². The number of methoxy groups -OCH3 is 1. The Morgan fingerprint density at radius 1 is 1.24 bits per heavy atom. The van der Waals surface area contributed by atoms with Gasteiger partial charge in [-0.3, -0.25) is 0 Å². The molecule has 0 bridgehead atoms. The van der Waals surface area contributed by atoms with Crippen LogP contribution in [0.3, 0.4) is 0 Å². The van der Waals surface area contributed by atoms with Gasteiger partial charge in [-0.2, -0.15) is 0 Å². The summed E-state index contributed by atoms with van der Waals surface area (Å²) in [6.07, 6.45) is 8.41. The van der Waals surface area contributed by atoms with Gasteiger partial charge in [0.1, 0.15) is 18.2 Å². The zero-order valence-corrected chi connectivity index (χ0v) is 19.9. The SMILES string of the molecule is COc1cc(C=C2CCCN3C2=NOCC[C@H]3c2cc(F)cc(Cl)c2)ccc1-n1cnc(C)c1. The van der Waals surface area contributed by atoms with Crippen molar-refractivity contribution < 1.29 is 14.0 Å². The van der Waals surface area contributed by atoms with Gasteiger partial charge in [0, 0.05) is 24.2 Å². The predicted molar refractivity (Wildman–Crippen MR) is 131 cm³/mol. The maximum Gasteiger partial charge on any atom is 0.171 e. The molecule has 1 saturated heterocycles. The molecule has 34 heavy (non-hydrogen) atoms. The molecule has 1 atom stereocenters. The highest BCUT2D eigenvalue weighted by Gasteiger charge is 2.31. The summed E-state index contributed by atoms with van der Waals surface area (Å²) in [6.45, 7) is 3.23. The molecule has 1 fully saturated rings. The second-order valence-electron chi connectivity index (χ2n) is 8.58. The number of hydrogen-bond acceptors (Lipinski definition) is 5.